The number of piperazine rings is 1. The van der Waals surface area contributed by atoms with Crippen molar-refractivity contribution in [3.8, 4) is 0 Å². The van der Waals surface area contributed by atoms with E-state index < -0.39 is 0 Å². The van der Waals surface area contributed by atoms with Gasteiger partial charge in [-0.15, -0.1) is 0 Å². The van der Waals surface area contributed by atoms with Gasteiger partial charge in [0, 0.05) is 43.7 Å². The lowest BCUT2D eigenvalue weighted by Crippen LogP contribution is -2.45. The number of nitrogens with zero attached hydrogens (tertiary/aromatic N) is 5. The van der Waals surface area contributed by atoms with Gasteiger partial charge in [0.1, 0.15) is 11.6 Å². The summed E-state index contributed by atoms with van der Waals surface area (Å²) < 4.78 is 0.988. The minimum atomic E-state index is 0.288. The van der Waals surface area contributed by atoms with Crippen molar-refractivity contribution >= 4 is 51.1 Å². The quantitative estimate of drug-likeness (QED) is 0.546. The maximum absolute atomic E-state index is 5.84. The molecule has 1 aliphatic heterocycles. The van der Waals surface area contributed by atoms with E-state index in [1.54, 1.807) is 0 Å². The van der Waals surface area contributed by atoms with E-state index >= 15 is 0 Å². The summed E-state index contributed by atoms with van der Waals surface area (Å²) in [6.45, 7) is 6.61. The van der Waals surface area contributed by atoms with Crippen LogP contribution in [0.15, 0.2) is 30.3 Å². The number of pyridine rings is 1. The summed E-state index contributed by atoms with van der Waals surface area (Å²) in [5.41, 5.74) is 8.91. The van der Waals surface area contributed by atoms with Crippen LogP contribution in [-0.4, -0.2) is 53.1 Å². The SMILES string of the molecule is Cc1nc(N)nc(NCc2cc3ccccc3nc2N2CCN(C)CC2)c1I. The molecule has 3 N–H and O–H groups in total. The molecule has 0 saturated carbocycles. The summed E-state index contributed by atoms with van der Waals surface area (Å²) in [7, 11) is 2.16. The molecule has 0 spiro atoms. The van der Waals surface area contributed by atoms with Gasteiger partial charge in [-0.05, 0) is 48.7 Å². The standard InChI is InChI=1S/C20H24IN7/c1-13-17(21)18(26-20(22)24-13)23-12-15-11-14-5-3-4-6-16(14)25-19(15)28-9-7-27(2)8-10-28/h3-6,11H,7-10,12H2,1-2H3,(H3,22,23,24,26). The molecule has 0 amide bonds. The third kappa shape index (κ3) is 3.97. The fraction of sp³-hybridized carbons (Fsp3) is 0.350. The topological polar surface area (TPSA) is 83.2 Å². The first-order valence-electron chi connectivity index (χ1n) is 9.37. The van der Waals surface area contributed by atoms with E-state index in [1.165, 1.54) is 0 Å². The highest BCUT2D eigenvalue weighted by molar-refractivity contribution is 14.1. The number of halogens is 1. The molecular weight excluding hydrogens is 465 g/mol. The summed E-state index contributed by atoms with van der Waals surface area (Å²) >= 11 is 2.26. The van der Waals surface area contributed by atoms with Crippen molar-refractivity contribution in [3.63, 3.8) is 0 Å². The van der Waals surface area contributed by atoms with Gasteiger partial charge < -0.3 is 20.9 Å². The number of para-hydroxylation sites is 1. The van der Waals surface area contributed by atoms with Crippen molar-refractivity contribution in [1.82, 2.24) is 19.9 Å². The van der Waals surface area contributed by atoms with Gasteiger partial charge in [-0.3, -0.25) is 0 Å². The van der Waals surface area contributed by atoms with Crippen molar-refractivity contribution in [2.45, 2.75) is 13.5 Å². The molecule has 0 atom stereocenters. The van der Waals surface area contributed by atoms with Crippen LogP contribution < -0.4 is 16.0 Å². The second-order valence-corrected chi connectivity index (χ2v) is 8.22. The normalized spacial score (nSPS) is 15.2. The number of fused-ring (bicyclic) bond motifs is 1. The van der Waals surface area contributed by atoms with Crippen LogP contribution in [0.4, 0.5) is 17.6 Å². The Morgan fingerprint density at radius 1 is 1.11 bits per heavy atom. The van der Waals surface area contributed by atoms with Gasteiger partial charge >= 0.3 is 0 Å². The van der Waals surface area contributed by atoms with Crippen molar-refractivity contribution in [2.24, 2.45) is 0 Å². The molecular formula is C20H24IN7. The predicted molar refractivity (Wildman–Crippen MR) is 123 cm³/mol. The zero-order valence-electron chi connectivity index (χ0n) is 16.1. The number of nitrogen functional groups attached to an aromatic ring is 1. The molecule has 0 radical (unpaired) electrons. The minimum Gasteiger partial charge on any atom is -0.368 e. The first kappa shape index (κ1) is 19.1. The molecule has 7 nitrogen and oxygen atoms in total. The highest BCUT2D eigenvalue weighted by Crippen LogP contribution is 2.26. The highest BCUT2D eigenvalue weighted by atomic mass is 127. The van der Waals surface area contributed by atoms with E-state index in [1.807, 2.05) is 19.1 Å². The molecule has 3 heterocycles. The molecule has 8 heteroatoms. The zero-order chi connectivity index (χ0) is 19.7. The van der Waals surface area contributed by atoms with Gasteiger partial charge in [0.15, 0.2) is 0 Å². The lowest BCUT2D eigenvalue weighted by molar-refractivity contribution is 0.312. The Hall–Kier alpha value is -2.20. The number of hydrogen-bond acceptors (Lipinski definition) is 7. The Morgan fingerprint density at radius 3 is 2.64 bits per heavy atom. The Morgan fingerprint density at radius 2 is 1.86 bits per heavy atom. The third-order valence-corrected chi connectivity index (χ3v) is 6.35. The van der Waals surface area contributed by atoms with E-state index in [-0.39, 0.29) is 5.95 Å². The molecule has 1 aliphatic rings. The maximum atomic E-state index is 5.84. The number of nitrogens with one attached hydrogen (secondary N) is 1. The number of aryl methyl sites for hydroxylation is 1. The number of nitrogens with two attached hydrogens (primary N) is 1. The van der Waals surface area contributed by atoms with Crippen molar-refractivity contribution < 1.29 is 0 Å². The second-order valence-electron chi connectivity index (χ2n) is 7.14. The molecule has 28 heavy (non-hydrogen) atoms. The van der Waals surface area contributed by atoms with E-state index in [0.29, 0.717) is 6.54 Å². The lowest BCUT2D eigenvalue weighted by Gasteiger charge is -2.34. The van der Waals surface area contributed by atoms with E-state index in [2.05, 4.69) is 72.9 Å². The molecule has 4 rings (SSSR count). The number of anilines is 3. The maximum Gasteiger partial charge on any atom is 0.222 e. The molecule has 1 aromatic carbocycles. The van der Waals surface area contributed by atoms with Crippen LogP contribution in [0.25, 0.3) is 10.9 Å². The summed E-state index contributed by atoms with van der Waals surface area (Å²) in [6, 6.07) is 10.5. The first-order chi connectivity index (χ1) is 13.5. The van der Waals surface area contributed by atoms with Gasteiger partial charge in [0.25, 0.3) is 0 Å². The molecule has 0 unspecified atom stereocenters. The first-order valence-corrected chi connectivity index (χ1v) is 10.4. The minimum absolute atomic E-state index is 0.288. The van der Waals surface area contributed by atoms with Gasteiger partial charge in [0.2, 0.25) is 5.95 Å². The van der Waals surface area contributed by atoms with Crippen LogP contribution in [0.1, 0.15) is 11.3 Å². The fourth-order valence-corrected chi connectivity index (χ4v) is 3.88. The van der Waals surface area contributed by atoms with Crippen LogP contribution in [0.5, 0.6) is 0 Å². The fourth-order valence-electron chi connectivity index (χ4n) is 3.45. The summed E-state index contributed by atoms with van der Waals surface area (Å²) in [5, 5.41) is 4.59. The average Bonchev–Trinajstić information content (AvgIpc) is 2.69. The molecule has 1 saturated heterocycles. The van der Waals surface area contributed by atoms with Gasteiger partial charge in [-0.25, -0.2) is 9.97 Å². The van der Waals surface area contributed by atoms with Gasteiger partial charge in [-0.1, -0.05) is 18.2 Å². The second kappa shape index (κ2) is 8.04. The van der Waals surface area contributed by atoms with Crippen LogP contribution in [0.3, 0.4) is 0 Å². The number of benzene rings is 1. The molecule has 0 aliphatic carbocycles. The van der Waals surface area contributed by atoms with Crippen molar-refractivity contribution in [3.05, 3.63) is 45.2 Å². The number of hydrogen-bond donors (Lipinski definition) is 2. The average molecular weight is 489 g/mol. The highest BCUT2D eigenvalue weighted by Gasteiger charge is 2.19. The molecule has 3 aromatic rings. The van der Waals surface area contributed by atoms with Crippen molar-refractivity contribution in [2.75, 3.05) is 49.2 Å². The van der Waals surface area contributed by atoms with Crippen LogP contribution >= 0.6 is 22.6 Å². The van der Waals surface area contributed by atoms with Gasteiger partial charge in [-0.2, -0.15) is 4.98 Å². The summed E-state index contributed by atoms with van der Waals surface area (Å²) in [5.74, 6) is 2.10. The third-order valence-electron chi connectivity index (χ3n) is 5.06. The number of aromatic nitrogens is 3. The van der Waals surface area contributed by atoms with E-state index in [0.717, 1.165) is 63.5 Å². The Balaban J connectivity index is 1.68. The van der Waals surface area contributed by atoms with E-state index in [9.17, 15) is 0 Å². The molecule has 1 fully saturated rings. The smallest absolute Gasteiger partial charge is 0.222 e. The molecule has 0 bridgehead atoms. The number of rotatable bonds is 4. The number of likely N-dealkylation sites (N-methyl/N-ethyl adjacent to an activating group) is 1. The molecule has 146 valence electrons. The van der Waals surface area contributed by atoms with Crippen LogP contribution in [0.2, 0.25) is 0 Å². The Kier molecular flexibility index (Phi) is 5.49. The summed E-state index contributed by atoms with van der Waals surface area (Å²) in [4.78, 5) is 18.3. The Bertz CT molecular complexity index is 999. The largest absolute Gasteiger partial charge is 0.368 e. The Labute approximate surface area is 178 Å². The molecule has 2 aromatic heterocycles. The van der Waals surface area contributed by atoms with Crippen molar-refractivity contribution in [1.29, 1.82) is 0 Å². The summed E-state index contributed by atoms with van der Waals surface area (Å²) in [6.07, 6.45) is 0. The van der Waals surface area contributed by atoms with Gasteiger partial charge in [0.05, 0.1) is 14.8 Å². The van der Waals surface area contributed by atoms with Crippen LogP contribution in [0, 0.1) is 10.5 Å². The lowest BCUT2D eigenvalue weighted by atomic mass is 10.1. The van der Waals surface area contributed by atoms with E-state index in [4.69, 9.17) is 10.7 Å². The predicted octanol–water partition coefficient (Wildman–Crippen LogP) is 2.88. The monoisotopic (exact) mass is 489 g/mol. The van der Waals surface area contributed by atoms with Crippen LogP contribution in [-0.2, 0) is 6.54 Å². The zero-order valence-corrected chi connectivity index (χ0v) is 18.3.